The lowest BCUT2D eigenvalue weighted by atomic mass is 10.1. The van der Waals surface area contributed by atoms with Crippen LogP contribution in [0.15, 0.2) is 0 Å². The molecule has 0 atom stereocenters. The normalized spacial score (nSPS) is 25.8. The van der Waals surface area contributed by atoms with E-state index in [2.05, 4.69) is 34.1 Å². The first kappa shape index (κ1) is 11.3. The van der Waals surface area contributed by atoms with Gasteiger partial charge in [0.15, 0.2) is 0 Å². The molecule has 0 unspecified atom stereocenters. The maximum absolute atomic E-state index is 3.32. The molecule has 15 heavy (non-hydrogen) atoms. The lowest BCUT2D eigenvalue weighted by molar-refractivity contribution is 0.118. The summed E-state index contributed by atoms with van der Waals surface area (Å²) < 4.78 is 0. The van der Waals surface area contributed by atoms with Crippen molar-refractivity contribution in [2.75, 3.05) is 66.5 Å². The van der Waals surface area contributed by atoms with Gasteiger partial charge in [0.05, 0.1) is 0 Å². The zero-order valence-corrected chi connectivity index (χ0v) is 10.1. The van der Waals surface area contributed by atoms with Crippen molar-refractivity contribution in [1.82, 2.24) is 20.0 Å². The Balaban J connectivity index is 1.60. The summed E-state index contributed by atoms with van der Waals surface area (Å²) in [6.07, 6.45) is 0. The highest BCUT2D eigenvalue weighted by molar-refractivity contribution is 4.83. The molecule has 0 aliphatic carbocycles. The van der Waals surface area contributed by atoms with Crippen LogP contribution < -0.4 is 5.32 Å². The molecule has 0 aromatic carbocycles. The van der Waals surface area contributed by atoms with Gasteiger partial charge in [-0.15, -0.1) is 0 Å². The van der Waals surface area contributed by atoms with Gasteiger partial charge < -0.3 is 10.2 Å². The first-order chi connectivity index (χ1) is 7.25. The minimum atomic E-state index is 0.789. The highest BCUT2D eigenvalue weighted by atomic mass is 15.3. The number of nitrogens with zero attached hydrogens (tertiary/aromatic N) is 3. The summed E-state index contributed by atoms with van der Waals surface area (Å²) in [6.45, 7) is 9.76. The zero-order chi connectivity index (χ0) is 10.7. The lowest BCUT2D eigenvalue weighted by Crippen LogP contribution is -2.57. The van der Waals surface area contributed by atoms with Gasteiger partial charge in [-0.25, -0.2) is 0 Å². The summed E-state index contributed by atoms with van der Waals surface area (Å²) in [5, 5.41) is 3.32. The van der Waals surface area contributed by atoms with E-state index in [1.54, 1.807) is 0 Å². The van der Waals surface area contributed by atoms with Crippen molar-refractivity contribution in [3.8, 4) is 0 Å². The summed E-state index contributed by atoms with van der Waals surface area (Å²) in [6, 6.07) is 0.789. The molecule has 2 heterocycles. The molecule has 2 aliphatic heterocycles. The van der Waals surface area contributed by atoms with E-state index < -0.39 is 0 Å². The van der Waals surface area contributed by atoms with Crippen LogP contribution in [-0.2, 0) is 0 Å². The number of piperazine rings is 1. The largest absolute Gasteiger partial charge is 0.314 e. The first-order valence-electron chi connectivity index (χ1n) is 6.07. The Kier molecular flexibility index (Phi) is 3.97. The minimum absolute atomic E-state index is 0.789. The van der Waals surface area contributed by atoms with E-state index in [-0.39, 0.29) is 0 Å². The summed E-state index contributed by atoms with van der Waals surface area (Å²) in [5.74, 6) is 0. The van der Waals surface area contributed by atoms with Crippen molar-refractivity contribution in [3.05, 3.63) is 0 Å². The number of hydrogen-bond donors (Lipinski definition) is 1. The van der Waals surface area contributed by atoms with Crippen LogP contribution in [-0.4, -0.2) is 87.2 Å². The molecule has 0 amide bonds. The second-order valence-electron chi connectivity index (χ2n) is 4.94. The fourth-order valence-electron chi connectivity index (χ4n) is 2.14. The zero-order valence-electron chi connectivity index (χ0n) is 10.1. The molecular weight excluding hydrogens is 188 g/mol. The summed E-state index contributed by atoms with van der Waals surface area (Å²) in [4.78, 5) is 7.49. The molecule has 2 rings (SSSR count). The fourth-order valence-corrected chi connectivity index (χ4v) is 2.14. The van der Waals surface area contributed by atoms with Gasteiger partial charge in [-0.1, -0.05) is 0 Å². The van der Waals surface area contributed by atoms with Gasteiger partial charge in [-0.05, 0) is 14.1 Å². The van der Waals surface area contributed by atoms with Crippen LogP contribution in [0, 0.1) is 0 Å². The summed E-state index contributed by atoms with van der Waals surface area (Å²) in [5.41, 5.74) is 0. The molecule has 4 nitrogen and oxygen atoms in total. The summed E-state index contributed by atoms with van der Waals surface area (Å²) >= 11 is 0. The third-order valence-electron chi connectivity index (χ3n) is 3.75. The highest BCUT2D eigenvalue weighted by Gasteiger charge is 2.22. The molecule has 0 aromatic rings. The van der Waals surface area contributed by atoms with Crippen LogP contribution in [0.3, 0.4) is 0 Å². The van der Waals surface area contributed by atoms with Gasteiger partial charge in [0.2, 0.25) is 0 Å². The molecule has 2 aliphatic rings. The predicted molar refractivity (Wildman–Crippen MR) is 63.2 cm³/mol. The van der Waals surface area contributed by atoms with E-state index in [4.69, 9.17) is 0 Å². The van der Waals surface area contributed by atoms with Crippen molar-refractivity contribution in [3.63, 3.8) is 0 Å². The van der Waals surface area contributed by atoms with E-state index in [9.17, 15) is 0 Å². The van der Waals surface area contributed by atoms with Crippen LogP contribution in [0.1, 0.15) is 0 Å². The maximum atomic E-state index is 3.32. The second kappa shape index (κ2) is 5.25. The van der Waals surface area contributed by atoms with E-state index in [1.807, 2.05) is 0 Å². The van der Waals surface area contributed by atoms with Gasteiger partial charge in [0.1, 0.15) is 0 Å². The van der Waals surface area contributed by atoms with Gasteiger partial charge in [0.25, 0.3) is 0 Å². The van der Waals surface area contributed by atoms with E-state index in [0.29, 0.717) is 0 Å². The van der Waals surface area contributed by atoms with Crippen LogP contribution >= 0.6 is 0 Å². The lowest BCUT2D eigenvalue weighted by Gasteiger charge is -2.38. The van der Waals surface area contributed by atoms with Gasteiger partial charge in [-0.3, -0.25) is 9.80 Å². The fraction of sp³-hybridized carbons (Fsp3) is 1.00. The molecule has 0 aromatic heterocycles. The monoisotopic (exact) mass is 212 g/mol. The van der Waals surface area contributed by atoms with Crippen LogP contribution in [0.25, 0.3) is 0 Å². The van der Waals surface area contributed by atoms with Crippen LogP contribution in [0.4, 0.5) is 0 Å². The van der Waals surface area contributed by atoms with Crippen molar-refractivity contribution in [2.24, 2.45) is 0 Å². The molecule has 1 N–H and O–H groups in total. The van der Waals surface area contributed by atoms with Crippen molar-refractivity contribution < 1.29 is 0 Å². The Morgan fingerprint density at radius 3 is 2.40 bits per heavy atom. The molecule has 0 spiro atoms. The van der Waals surface area contributed by atoms with Crippen molar-refractivity contribution >= 4 is 0 Å². The topological polar surface area (TPSA) is 21.8 Å². The summed E-state index contributed by atoms with van der Waals surface area (Å²) in [7, 11) is 4.46. The van der Waals surface area contributed by atoms with Crippen LogP contribution in [0.2, 0.25) is 0 Å². The molecule has 0 saturated carbocycles. The molecule has 0 radical (unpaired) electrons. The third kappa shape index (κ3) is 3.14. The predicted octanol–water partition coefficient (Wildman–Crippen LogP) is -0.863. The Bertz CT molecular complexity index is 185. The molecule has 2 fully saturated rings. The number of likely N-dealkylation sites (N-methyl/N-ethyl adjacent to an activating group) is 2. The average Bonchev–Trinajstić information content (AvgIpc) is 2.14. The van der Waals surface area contributed by atoms with Gasteiger partial charge in [0, 0.05) is 58.4 Å². The third-order valence-corrected chi connectivity index (χ3v) is 3.75. The van der Waals surface area contributed by atoms with E-state index in [1.165, 1.54) is 52.4 Å². The van der Waals surface area contributed by atoms with Crippen molar-refractivity contribution in [1.29, 1.82) is 0 Å². The Morgan fingerprint density at radius 1 is 1.20 bits per heavy atom. The smallest absolute Gasteiger partial charge is 0.0342 e. The average molecular weight is 212 g/mol. The molecule has 88 valence electrons. The van der Waals surface area contributed by atoms with E-state index >= 15 is 0 Å². The Labute approximate surface area is 93.2 Å². The number of rotatable bonds is 4. The SMILES string of the molecule is CN1CCN(CCN(C)C2CNC2)CC1. The number of hydrogen-bond acceptors (Lipinski definition) is 4. The van der Waals surface area contributed by atoms with Crippen molar-refractivity contribution in [2.45, 2.75) is 6.04 Å². The second-order valence-corrected chi connectivity index (χ2v) is 4.94. The molecule has 0 bridgehead atoms. The van der Waals surface area contributed by atoms with Gasteiger partial charge >= 0.3 is 0 Å². The number of nitrogens with one attached hydrogen (secondary N) is 1. The maximum Gasteiger partial charge on any atom is 0.0342 e. The minimum Gasteiger partial charge on any atom is -0.314 e. The Hall–Kier alpha value is -0.160. The quantitative estimate of drug-likeness (QED) is 0.654. The van der Waals surface area contributed by atoms with E-state index in [0.717, 1.165) is 6.04 Å². The van der Waals surface area contributed by atoms with Crippen LogP contribution in [0.5, 0.6) is 0 Å². The standard InChI is InChI=1S/C11H24N4/c1-13-3-6-15(7-4-13)8-5-14(2)11-9-12-10-11/h11-12H,3-10H2,1-2H3. The first-order valence-corrected chi connectivity index (χ1v) is 6.07. The molecule has 2 saturated heterocycles. The van der Waals surface area contributed by atoms with Gasteiger partial charge in [-0.2, -0.15) is 0 Å². The Morgan fingerprint density at radius 2 is 1.87 bits per heavy atom. The molecule has 4 heteroatoms. The molecular formula is C11H24N4. The highest BCUT2D eigenvalue weighted by Crippen LogP contribution is 2.03.